The van der Waals surface area contributed by atoms with Crippen LogP contribution in [0.4, 0.5) is 0 Å². The molecule has 0 amide bonds. The van der Waals surface area contributed by atoms with Crippen molar-refractivity contribution in [2.75, 3.05) is 6.54 Å². The summed E-state index contributed by atoms with van der Waals surface area (Å²) in [6, 6.07) is 8.08. The molecule has 2 N–H and O–H groups in total. The summed E-state index contributed by atoms with van der Waals surface area (Å²) in [7, 11) is 0. The molecule has 2 atom stereocenters. The Labute approximate surface area is 114 Å². The molecular formula is C12H14ClNOS2. The molecule has 0 aliphatic carbocycles. The first-order valence-electron chi connectivity index (χ1n) is 5.37. The minimum absolute atomic E-state index is 0.264. The van der Waals surface area contributed by atoms with E-state index < -0.39 is 6.10 Å². The zero-order valence-corrected chi connectivity index (χ0v) is 11.8. The molecule has 0 bridgehead atoms. The van der Waals surface area contributed by atoms with Gasteiger partial charge in [-0.3, -0.25) is 0 Å². The number of aliphatic hydroxyl groups is 1. The third kappa shape index (κ3) is 3.53. The molecule has 0 radical (unpaired) electrons. The average Bonchev–Trinajstić information content (AvgIpc) is 2.95. The van der Waals surface area contributed by atoms with Crippen LogP contribution in [0.3, 0.4) is 0 Å². The lowest BCUT2D eigenvalue weighted by molar-refractivity contribution is 0.174. The molecule has 2 aromatic heterocycles. The van der Waals surface area contributed by atoms with E-state index in [0.29, 0.717) is 10.9 Å². The van der Waals surface area contributed by atoms with Gasteiger partial charge in [0.1, 0.15) is 6.10 Å². The van der Waals surface area contributed by atoms with Gasteiger partial charge in [0.25, 0.3) is 0 Å². The predicted molar refractivity (Wildman–Crippen MR) is 75.0 cm³/mol. The van der Waals surface area contributed by atoms with Crippen molar-refractivity contribution in [1.82, 2.24) is 5.32 Å². The number of hydrogen-bond acceptors (Lipinski definition) is 4. The van der Waals surface area contributed by atoms with Crippen molar-refractivity contribution < 1.29 is 5.11 Å². The first-order valence-corrected chi connectivity index (χ1v) is 7.44. The van der Waals surface area contributed by atoms with E-state index in [1.807, 2.05) is 18.2 Å². The van der Waals surface area contributed by atoms with Gasteiger partial charge in [0.15, 0.2) is 0 Å². The smallest absolute Gasteiger partial charge is 0.101 e. The van der Waals surface area contributed by atoms with Crippen LogP contribution in [-0.4, -0.2) is 11.7 Å². The van der Waals surface area contributed by atoms with Gasteiger partial charge >= 0.3 is 0 Å². The van der Waals surface area contributed by atoms with Crippen LogP contribution in [0.15, 0.2) is 29.6 Å². The Kier molecular flexibility index (Phi) is 4.59. The second-order valence-electron chi connectivity index (χ2n) is 3.80. The molecule has 17 heavy (non-hydrogen) atoms. The van der Waals surface area contributed by atoms with Crippen molar-refractivity contribution in [1.29, 1.82) is 0 Å². The fourth-order valence-corrected chi connectivity index (χ4v) is 3.34. The van der Waals surface area contributed by atoms with Gasteiger partial charge in [-0.25, -0.2) is 0 Å². The summed E-state index contributed by atoms with van der Waals surface area (Å²) in [6.45, 7) is 2.63. The largest absolute Gasteiger partial charge is 0.386 e. The molecule has 0 saturated heterocycles. The number of halogens is 1. The van der Waals surface area contributed by atoms with Gasteiger partial charge in [0, 0.05) is 22.3 Å². The monoisotopic (exact) mass is 287 g/mol. The van der Waals surface area contributed by atoms with E-state index in [2.05, 4.69) is 23.7 Å². The van der Waals surface area contributed by atoms with Crippen LogP contribution in [0.5, 0.6) is 0 Å². The molecule has 0 spiro atoms. The highest BCUT2D eigenvalue weighted by atomic mass is 35.5. The van der Waals surface area contributed by atoms with E-state index in [-0.39, 0.29) is 6.04 Å². The Hall–Kier alpha value is -0.390. The summed E-state index contributed by atoms with van der Waals surface area (Å²) in [4.78, 5) is 2.18. The molecule has 2 heterocycles. The Bertz CT molecular complexity index is 455. The van der Waals surface area contributed by atoms with Crippen LogP contribution >= 0.6 is 34.3 Å². The van der Waals surface area contributed by atoms with E-state index in [1.54, 1.807) is 11.3 Å². The van der Waals surface area contributed by atoms with E-state index in [4.69, 9.17) is 11.6 Å². The second-order valence-corrected chi connectivity index (χ2v) is 6.53. The minimum Gasteiger partial charge on any atom is -0.386 e. The minimum atomic E-state index is -0.491. The van der Waals surface area contributed by atoms with E-state index in [1.165, 1.54) is 16.2 Å². The fraction of sp³-hybridized carbons (Fsp3) is 0.333. The third-order valence-corrected chi connectivity index (χ3v) is 4.90. The van der Waals surface area contributed by atoms with Gasteiger partial charge < -0.3 is 10.4 Å². The predicted octanol–water partition coefficient (Wildman–Crippen LogP) is 3.85. The summed E-state index contributed by atoms with van der Waals surface area (Å²) in [5, 5.41) is 15.3. The van der Waals surface area contributed by atoms with Crippen LogP contribution in [0.25, 0.3) is 0 Å². The highest BCUT2D eigenvalue weighted by Gasteiger charge is 2.12. The van der Waals surface area contributed by atoms with E-state index >= 15 is 0 Å². The maximum absolute atomic E-state index is 9.97. The fourth-order valence-electron chi connectivity index (χ4n) is 1.53. The lowest BCUT2D eigenvalue weighted by Gasteiger charge is -2.15. The molecule has 2 unspecified atom stereocenters. The molecule has 2 rings (SSSR count). The summed E-state index contributed by atoms with van der Waals surface area (Å²) < 4.78 is 0.713. The lowest BCUT2D eigenvalue weighted by atomic mass is 10.2. The molecule has 0 aromatic carbocycles. The first-order chi connectivity index (χ1) is 8.16. The third-order valence-electron chi connectivity index (χ3n) is 2.51. The maximum Gasteiger partial charge on any atom is 0.101 e. The van der Waals surface area contributed by atoms with Crippen LogP contribution in [0.1, 0.15) is 28.8 Å². The van der Waals surface area contributed by atoms with Crippen molar-refractivity contribution in [3.8, 4) is 0 Å². The molecule has 92 valence electrons. The zero-order chi connectivity index (χ0) is 12.3. The van der Waals surface area contributed by atoms with E-state index in [0.717, 1.165) is 4.88 Å². The average molecular weight is 288 g/mol. The van der Waals surface area contributed by atoms with Gasteiger partial charge in [0.05, 0.1) is 4.34 Å². The SMILES string of the molecule is CC(NCC(O)c1ccc(Cl)s1)c1cccs1. The Morgan fingerprint density at radius 1 is 1.35 bits per heavy atom. The van der Waals surface area contributed by atoms with Gasteiger partial charge in [0.2, 0.25) is 0 Å². The number of nitrogens with one attached hydrogen (secondary N) is 1. The zero-order valence-electron chi connectivity index (χ0n) is 9.39. The van der Waals surface area contributed by atoms with E-state index in [9.17, 15) is 5.11 Å². The molecule has 0 aliphatic heterocycles. The highest BCUT2D eigenvalue weighted by molar-refractivity contribution is 7.16. The van der Waals surface area contributed by atoms with Crippen LogP contribution in [0, 0.1) is 0 Å². The van der Waals surface area contributed by atoms with Crippen molar-refractivity contribution in [3.05, 3.63) is 43.7 Å². The molecule has 0 fully saturated rings. The van der Waals surface area contributed by atoms with Crippen molar-refractivity contribution in [3.63, 3.8) is 0 Å². The second kappa shape index (κ2) is 5.98. The first kappa shape index (κ1) is 13.1. The summed E-state index contributed by atoms with van der Waals surface area (Å²) in [6.07, 6.45) is -0.491. The molecule has 2 aromatic rings. The lowest BCUT2D eigenvalue weighted by Crippen LogP contribution is -2.23. The molecule has 0 aliphatic rings. The maximum atomic E-state index is 9.97. The standard InChI is InChI=1S/C12H14ClNOS2/c1-8(10-3-2-6-16-10)14-7-9(15)11-4-5-12(13)17-11/h2-6,8-9,14-15H,7H2,1H3. The summed E-state index contributed by atoms with van der Waals surface area (Å²) in [5.74, 6) is 0. The normalized spacial score (nSPS) is 14.8. The number of rotatable bonds is 5. The van der Waals surface area contributed by atoms with Gasteiger partial charge in [-0.1, -0.05) is 17.7 Å². The Morgan fingerprint density at radius 2 is 2.18 bits per heavy atom. The van der Waals surface area contributed by atoms with Gasteiger partial charge in [-0.2, -0.15) is 0 Å². The molecule has 2 nitrogen and oxygen atoms in total. The number of hydrogen-bond donors (Lipinski definition) is 2. The van der Waals surface area contributed by atoms with Crippen LogP contribution in [-0.2, 0) is 0 Å². The van der Waals surface area contributed by atoms with Crippen molar-refractivity contribution in [2.45, 2.75) is 19.1 Å². The number of thiophene rings is 2. The van der Waals surface area contributed by atoms with Crippen molar-refractivity contribution >= 4 is 34.3 Å². The van der Waals surface area contributed by atoms with Gasteiger partial charge in [-0.05, 0) is 30.5 Å². The number of aliphatic hydroxyl groups excluding tert-OH is 1. The Morgan fingerprint density at radius 3 is 2.76 bits per heavy atom. The van der Waals surface area contributed by atoms with Crippen LogP contribution < -0.4 is 5.32 Å². The van der Waals surface area contributed by atoms with Gasteiger partial charge in [-0.15, -0.1) is 22.7 Å². The molecule has 5 heteroatoms. The summed E-state index contributed by atoms with van der Waals surface area (Å²) >= 11 is 8.98. The van der Waals surface area contributed by atoms with Crippen molar-refractivity contribution in [2.24, 2.45) is 0 Å². The summed E-state index contributed by atoms with van der Waals surface area (Å²) in [5.41, 5.74) is 0. The topological polar surface area (TPSA) is 32.3 Å². The molecule has 0 saturated carbocycles. The van der Waals surface area contributed by atoms with Crippen LogP contribution in [0.2, 0.25) is 4.34 Å². The quantitative estimate of drug-likeness (QED) is 0.875. The Balaban J connectivity index is 1.86. The highest BCUT2D eigenvalue weighted by Crippen LogP contribution is 2.27. The molecular weight excluding hydrogens is 274 g/mol.